The number of hydrogen-bond acceptors (Lipinski definition) is 4. The number of sulfonamides is 1. The predicted octanol–water partition coefficient (Wildman–Crippen LogP) is 3.86. The van der Waals surface area contributed by atoms with Crippen LogP contribution in [0.15, 0.2) is 32.3 Å². The first-order chi connectivity index (χ1) is 8.79. The van der Waals surface area contributed by atoms with Gasteiger partial charge in [0.15, 0.2) is 0 Å². The summed E-state index contributed by atoms with van der Waals surface area (Å²) >= 11 is 10.3. The van der Waals surface area contributed by atoms with E-state index < -0.39 is 10.0 Å². The fourth-order valence-electron chi connectivity index (χ4n) is 1.36. The second-order valence-corrected chi connectivity index (χ2v) is 8.55. The van der Waals surface area contributed by atoms with Crippen molar-refractivity contribution in [2.45, 2.75) is 11.1 Å². The highest BCUT2D eigenvalue weighted by Crippen LogP contribution is 2.32. The molecule has 0 spiro atoms. The molecule has 0 aliphatic carbocycles. The van der Waals surface area contributed by atoms with Gasteiger partial charge in [0.25, 0.3) is 10.0 Å². The zero-order chi connectivity index (χ0) is 14.2. The molecular weight excluding hydrogens is 372 g/mol. The van der Waals surface area contributed by atoms with Gasteiger partial charge < -0.3 is 5.73 Å². The van der Waals surface area contributed by atoms with E-state index in [1.54, 1.807) is 18.2 Å². The van der Waals surface area contributed by atoms with Crippen LogP contribution in [0, 0.1) is 6.92 Å². The molecule has 8 heteroatoms. The van der Waals surface area contributed by atoms with Gasteiger partial charge >= 0.3 is 0 Å². The van der Waals surface area contributed by atoms with E-state index >= 15 is 0 Å². The molecule has 2 aromatic rings. The van der Waals surface area contributed by atoms with Gasteiger partial charge in [0.1, 0.15) is 4.21 Å². The number of rotatable bonds is 3. The van der Waals surface area contributed by atoms with Crippen molar-refractivity contribution < 1.29 is 8.42 Å². The molecule has 19 heavy (non-hydrogen) atoms. The molecule has 0 saturated heterocycles. The van der Waals surface area contributed by atoms with Crippen molar-refractivity contribution in [3.63, 3.8) is 0 Å². The lowest BCUT2D eigenvalue weighted by Crippen LogP contribution is -2.11. The van der Waals surface area contributed by atoms with Crippen LogP contribution in [-0.2, 0) is 10.0 Å². The summed E-state index contributed by atoms with van der Waals surface area (Å²) in [6.45, 7) is 1.83. The minimum atomic E-state index is -3.61. The van der Waals surface area contributed by atoms with E-state index in [9.17, 15) is 8.42 Å². The molecule has 0 amide bonds. The molecule has 0 aliphatic rings. The number of thiophene rings is 1. The Morgan fingerprint density at radius 3 is 2.58 bits per heavy atom. The quantitative estimate of drug-likeness (QED) is 0.793. The molecule has 0 bridgehead atoms. The Balaban J connectivity index is 2.33. The van der Waals surface area contributed by atoms with E-state index in [2.05, 4.69) is 20.7 Å². The summed E-state index contributed by atoms with van der Waals surface area (Å²) in [5.74, 6) is 0. The number of benzene rings is 1. The predicted molar refractivity (Wildman–Crippen MR) is 83.4 cm³/mol. The normalized spacial score (nSPS) is 11.5. The van der Waals surface area contributed by atoms with Gasteiger partial charge in [-0.1, -0.05) is 11.6 Å². The fraction of sp³-hybridized carbons (Fsp3) is 0.0909. The lowest BCUT2D eigenvalue weighted by atomic mass is 10.3. The van der Waals surface area contributed by atoms with Gasteiger partial charge in [0.05, 0.1) is 20.2 Å². The highest BCUT2D eigenvalue weighted by Gasteiger charge is 2.18. The zero-order valence-corrected chi connectivity index (χ0v) is 13.8. The maximum absolute atomic E-state index is 12.2. The Morgan fingerprint density at radius 2 is 2.05 bits per heavy atom. The summed E-state index contributed by atoms with van der Waals surface area (Å²) < 4.78 is 27.8. The number of hydrogen-bond donors (Lipinski definition) is 2. The maximum Gasteiger partial charge on any atom is 0.271 e. The highest BCUT2D eigenvalue weighted by atomic mass is 79.9. The van der Waals surface area contributed by atoms with Crippen LogP contribution in [0.4, 0.5) is 11.4 Å². The van der Waals surface area contributed by atoms with Crippen LogP contribution in [-0.4, -0.2) is 8.42 Å². The van der Waals surface area contributed by atoms with E-state index in [1.165, 1.54) is 6.07 Å². The highest BCUT2D eigenvalue weighted by molar-refractivity contribution is 9.11. The summed E-state index contributed by atoms with van der Waals surface area (Å²) in [4.78, 5) is 0. The maximum atomic E-state index is 12.2. The van der Waals surface area contributed by atoms with E-state index in [-0.39, 0.29) is 4.21 Å². The molecule has 0 radical (unpaired) electrons. The Bertz CT molecular complexity index is 709. The summed E-state index contributed by atoms with van der Waals surface area (Å²) in [6, 6.07) is 6.20. The fourth-order valence-corrected chi connectivity index (χ4v) is 4.82. The number of nitrogens with two attached hydrogens (primary N) is 1. The van der Waals surface area contributed by atoms with E-state index in [0.29, 0.717) is 16.4 Å². The Kier molecular flexibility index (Phi) is 4.10. The summed E-state index contributed by atoms with van der Waals surface area (Å²) in [7, 11) is -3.61. The minimum Gasteiger partial charge on any atom is -0.398 e. The number of anilines is 2. The number of aryl methyl sites for hydroxylation is 1. The summed E-state index contributed by atoms with van der Waals surface area (Å²) in [5, 5.41) is 0.309. The number of halogens is 2. The van der Waals surface area contributed by atoms with Gasteiger partial charge in [0, 0.05) is 0 Å². The molecule has 0 saturated carbocycles. The van der Waals surface area contributed by atoms with Crippen LogP contribution < -0.4 is 10.5 Å². The summed E-state index contributed by atoms with van der Waals surface area (Å²) in [6.07, 6.45) is 0. The van der Waals surface area contributed by atoms with Crippen LogP contribution in [0.5, 0.6) is 0 Å². The smallest absolute Gasteiger partial charge is 0.271 e. The van der Waals surface area contributed by atoms with Crippen LogP contribution in [0.2, 0.25) is 5.02 Å². The van der Waals surface area contributed by atoms with Gasteiger partial charge in [-0.05, 0) is 52.7 Å². The lowest BCUT2D eigenvalue weighted by Gasteiger charge is -2.07. The van der Waals surface area contributed by atoms with Gasteiger partial charge in [-0.15, -0.1) is 11.3 Å². The molecule has 0 unspecified atom stereocenters. The van der Waals surface area contributed by atoms with Crippen LogP contribution in [0.3, 0.4) is 0 Å². The third-order valence-corrected chi connectivity index (χ3v) is 6.67. The van der Waals surface area contributed by atoms with Crippen molar-refractivity contribution in [2.75, 3.05) is 10.5 Å². The molecule has 1 aromatic heterocycles. The average molecular weight is 382 g/mol. The SMILES string of the molecule is Cc1cc(S(=O)(=O)Nc2ccc(N)c(Cl)c2)sc1Br. The van der Waals surface area contributed by atoms with Gasteiger partial charge in [0.2, 0.25) is 0 Å². The molecular formula is C11H10BrClN2O2S2. The lowest BCUT2D eigenvalue weighted by molar-refractivity contribution is 0.603. The Hall–Kier alpha value is -0.760. The Labute approximate surface area is 128 Å². The molecule has 3 N–H and O–H groups in total. The van der Waals surface area contributed by atoms with Crippen LogP contribution >= 0.6 is 38.9 Å². The monoisotopic (exact) mass is 380 g/mol. The standard InChI is InChI=1S/C11H10BrClN2O2S2/c1-6-4-10(18-11(6)12)19(16,17)15-7-2-3-9(14)8(13)5-7/h2-5,15H,14H2,1H3. The minimum absolute atomic E-state index is 0.241. The topological polar surface area (TPSA) is 72.2 Å². The number of nitrogens with one attached hydrogen (secondary N) is 1. The van der Waals surface area contributed by atoms with Crippen molar-refractivity contribution in [3.8, 4) is 0 Å². The first-order valence-corrected chi connectivity index (χ1v) is 8.60. The average Bonchev–Trinajstić information content (AvgIpc) is 2.65. The van der Waals surface area contributed by atoms with E-state index in [0.717, 1.165) is 20.7 Å². The second-order valence-electron chi connectivity index (χ2n) is 3.86. The third-order valence-electron chi connectivity index (χ3n) is 2.35. The first-order valence-electron chi connectivity index (χ1n) is 5.13. The summed E-state index contributed by atoms with van der Waals surface area (Å²) in [5.41, 5.74) is 7.23. The number of nitrogen functional groups attached to an aromatic ring is 1. The molecule has 0 aliphatic heterocycles. The van der Waals surface area contributed by atoms with Crippen LogP contribution in [0.1, 0.15) is 5.56 Å². The largest absolute Gasteiger partial charge is 0.398 e. The van der Waals surface area contributed by atoms with Crippen molar-refractivity contribution in [1.29, 1.82) is 0 Å². The first kappa shape index (κ1) is 14.6. The van der Waals surface area contributed by atoms with Gasteiger partial charge in [-0.25, -0.2) is 8.42 Å². The van der Waals surface area contributed by atoms with Crippen molar-refractivity contribution in [2.24, 2.45) is 0 Å². The molecule has 2 rings (SSSR count). The molecule has 0 fully saturated rings. The van der Waals surface area contributed by atoms with Gasteiger partial charge in [-0.2, -0.15) is 0 Å². The zero-order valence-electron chi connectivity index (χ0n) is 9.78. The molecule has 102 valence electrons. The van der Waals surface area contributed by atoms with E-state index in [1.807, 2.05) is 6.92 Å². The molecule has 0 atom stereocenters. The van der Waals surface area contributed by atoms with Crippen molar-refractivity contribution in [3.05, 3.63) is 38.6 Å². The molecule has 1 heterocycles. The van der Waals surface area contributed by atoms with E-state index in [4.69, 9.17) is 17.3 Å². The third kappa shape index (κ3) is 3.22. The molecule has 1 aromatic carbocycles. The van der Waals surface area contributed by atoms with Crippen molar-refractivity contribution in [1.82, 2.24) is 0 Å². The Morgan fingerprint density at radius 1 is 1.37 bits per heavy atom. The second kappa shape index (κ2) is 5.32. The van der Waals surface area contributed by atoms with Gasteiger partial charge in [-0.3, -0.25) is 4.72 Å². The molecule has 4 nitrogen and oxygen atoms in total. The van der Waals surface area contributed by atoms with Crippen LogP contribution in [0.25, 0.3) is 0 Å². The van der Waals surface area contributed by atoms with Crippen molar-refractivity contribution >= 4 is 60.3 Å².